The molecule has 1 saturated carbocycles. The van der Waals surface area contributed by atoms with Gasteiger partial charge in [-0.3, -0.25) is 0 Å². The molecular formula is C23H45N. The van der Waals surface area contributed by atoms with Crippen LogP contribution in [0.15, 0.2) is 0 Å². The molecule has 0 spiro atoms. The molecule has 2 aliphatic rings. The van der Waals surface area contributed by atoms with Crippen molar-refractivity contribution in [3.8, 4) is 0 Å². The van der Waals surface area contributed by atoms with Crippen LogP contribution in [0.2, 0.25) is 0 Å². The minimum absolute atomic E-state index is 0.569. The van der Waals surface area contributed by atoms with E-state index in [2.05, 4.69) is 26.1 Å². The van der Waals surface area contributed by atoms with Crippen molar-refractivity contribution >= 4 is 0 Å². The maximum Gasteiger partial charge on any atom is 0.00953 e. The zero-order chi connectivity index (χ0) is 17.3. The first-order valence-electron chi connectivity index (χ1n) is 11.3. The summed E-state index contributed by atoms with van der Waals surface area (Å²) in [6.07, 6.45) is 21.8. The highest BCUT2D eigenvalue weighted by molar-refractivity contribution is 4.80. The van der Waals surface area contributed by atoms with Crippen LogP contribution in [0.1, 0.15) is 117 Å². The molecule has 24 heavy (non-hydrogen) atoms. The molecule has 1 N–H and O–H groups in total. The monoisotopic (exact) mass is 335 g/mol. The van der Waals surface area contributed by atoms with Crippen molar-refractivity contribution in [3.63, 3.8) is 0 Å². The van der Waals surface area contributed by atoms with Crippen LogP contribution in [-0.4, -0.2) is 12.6 Å². The highest BCUT2D eigenvalue weighted by atomic mass is 14.9. The third-order valence-corrected chi connectivity index (χ3v) is 6.92. The second kappa shape index (κ2) is 10.8. The molecule has 1 saturated heterocycles. The fourth-order valence-electron chi connectivity index (χ4n) is 5.12. The van der Waals surface area contributed by atoms with Gasteiger partial charge in [0.05, 0.1) is 0 Å². The number of rotatable bonds is 1. The van der Waals surface area contributed by atoms with Gasteiger partial charge in [0.1, 0.15) is 0 Å². The van der Waals surface area contributed by atoms with Crippen molar-refractivity contribution in [2.24, 2.45) is 17.3 Å². The molecule has 1 heteroatoms. The average molecular weight is 336 g/mol. The second-order valence-electron chi connectivity index (χ2n) is 9.86. The standard InChI is InChI=1S/C23H45N/c1-20-12-5-4-6-14-21(15-8-7-13-20)22-16-9-10-17-23(2,3)18-11-19-24-22/h20-22,24H,4-19H2,1-3H3. The van der Waals surface area contributed by atoms with Crippen LogP contribution in [0, 0.1) is 17.3 Å². The summed E-state index contributed by atoms with van der Waals surface area (Å²) >= 11 is 0. The molecule has 2 fully saturated rings. The molecule has 0 aromatic carbocycles. The lowest BCUT2D eigenvalue weighted by molar-refractivity contribution is 0.236. The topological polar surface area (TPSA) is 12.0 Å². The van der Waals surface area contributed by atoms with Gasteiger partial charge in [0.25, 0.3) is 0 Å². The third-order valence-electron chi connectivity index (χ3n) is 6.92. The van der Waals surface area contributed by atoms with E-state index in [1.54, 1.807) is 0 Å². The normalized spacial score (nSPS) is 34.9. The Morgan fingerprint density at radius 2 is 1.25 bits per heavy atom. The molecule has 1 aliphatic carbocycles. The van der Waals surface area contributed by atoms with Gasteiger partial charge in [-0.1, -0.05) is 78.6 Å². The Labute approximate surface area is 152 Å². The summed E-state index contributed by atoms with van der Waals surface area (Å²) in [4.78, 5) is 0. The van der Waals surface area contributed by atoms with Crippen LogP contribution >= 0.6 is 0 Å². The Kier molecular flexibility index (Phi) is 9.16. The highest BCUT2D eigenvalue weighted by Gasteiger charge is 2.24. The van der Waals surface area contributed by atoms with E-state index in [1.807, 2.05) is 0 Å². The van der Waals surface area contributed by atoms with E-state index in [1.165, 1.54) is 103 Å². The Balaban J connectivity index is 1.85. The Morgan fingerprint density at radius 1 is 0.667 bits per heavy atom. The van der Waals surface area contributed by atoms with Gasteiger partial charge in [-0.25, -0.2) is 0 Å². The fourth-order valence-corrected chi connectivity index (χ4v) is 5.12. The molecule has 2 rings (SSSR count). The predicted molar refractivity (Wildman–Crippen MR) is 107 cm³/mol. The van der Waals surface area contributed by atoms with Gasteiger partial charge in [0, 0.05) is 6.04 Å². The molecule has 1 aliphatic heterocycles. The maximum atomic E-state index is 4.01. The molecule has 0 aromatic rings. The number of hydrogen-bond donors (Lipinski definition) is 1. The summed E-state index contributed by atoms with van der Waals surface area (Å²) < 4.78 is 0. The lowest BCUT2D eigenvalue weighted by Gasteiger charge is -2.32. The van der Waals surface area contributed by atoms with Crippen LogP contribution in [0.4, 0.5) is 0 Å². The van der Waals surface area contributed by atoms with E-state index in [0.29, 0.717) is 5.41 Å². The van der Waals surface area contributed by atoms with E-state index >= 15 is 0 Å². The summed E-state index contributed by atoms with van der Waals surface area (Å²) in [5, 5.41) is 4.01. The summed E-state index contributed by atoms with van der Waals surface area (Å²) in [6.45, 7) is 8.66. The molecule has 0 amide bonds. The van der Waals surface area contributed by atoms with Crippen molar-refractivity contribution in [1.29, 1.82) is 0 Å². The van der Waals surface area contributed by atoms with Crippen LogP contribution in [0.5, 0.6) is 0 Å². The highest BCUT2D eigenvalue weighted by Crippen LogP contribution is 2.32. The van der Waals surface area contributed by atoms with Gasteiger partial charge in [-0.15, -0.1) is 0 Å². The lowest BCUT2D eigenvalue weighted by Crippen LogP contribution is -2.38. The quantitative estimate of drug-likeness (QED) is 0.538. The van der Waals surface area contributed by atoms with Gasteiger partial charge in [-0.05, 0) is 62.3 Å². The Hall–Kier alpha value is -0.0400. The zero-order valence-corrected chi connectivity index (χ0v) is 17.0. The van der Waals surface area contributed by atoms with Crippen molar-refractivity contribution in [1.82, 2.24) is 5.32 Å². The minimum Gasteiger partial charge on any atom is -0.314 e. The zero-order valence-electron chi connectivity index (χ0n) is 17.0. The summed E-state index contributed by atoms with van der Waals surface area (Å²) in [5.74, 6) is 1.92. The second-order valence-corrected chi connectivity index (χ2v) is 9.86. The van der Waals surface area contributed by atoms with E-state index in [0.717, 1.165) is 17.9 Å². The smallest absolute Gasteiger partial charge is 0.00953 e. The van der Waals surface area contributed by atoms with Crippen LogP contribution in [0.25, 0.3) is 0 Å². The SMILES string of the molecule is CC1CCCCCC(C2CCCCC(C)(C)CCCN2)CCCC1. The Morgan fingerprint density at radius 3 is 2.04 bits per heavy atom. The number of nitrogens with one attached hydrogen (secondary N) is 1. The molecule has 3 atom stereocenters. The summed E-state index contributed by atoms with van der Waals surface area (Å²) in [7, 11) is 0. The van der Waals surface area contributed by atoms with Gasteiger partial charge >= 0.3 is 0 Å². The summed E-state index contributed by atoms with van der Waals surface area (Å²) in [6, 6.07) is 0.810. The van der Waals surface area contributed by atoms with Gasteiger partial charge in [0.2, 0.25) is 0 Å². The molecule has 1 heterocycles. The van der Waals surface area contributed by atoms with E-state index in [4.69, 9.17) is 0 Å². The van der Waals surface area contributed by atoms with E-state index in [-0.39, 0.29) is 0 Å². The molecule has 0 radical (unpaired) electrons. The van der Waals surface area contributed by atoms with Crippen molar-refractivity contribution < 1.29 is 0 Å². The van der Waals surface area contributed by atoms with E-state index < -0.39 is 0 Å². The van der Waals surface area contributed by atoms with Gasteiger partial charge in [-0.2, -0.15) is 0 Å². The van der Waals surface area contributed by atoms with Crippen molar-refractivity contribution in [3.05, 3.63) is 0 Å². The summed E-state index contributed by atoms with van der Waals surface area (Å²) in [5.41, 5.74) is 0.569. The van der Waals surface area contributed by atoms with Gasteiger partial charge in [0.15, 0.2) is 0 Å². The Bertz CT molecular complexity index is 308. The molecule has 0 bridgehead atoms. The maximum absolute atomic E-state index is 4.01. The molecule has 3 unspecified atom stereocenters. The van der Waals surface area contributed by atoms with E-state index in [9.17, 15) is 0 Å². The molecular weight excluding hydrogens is 290 g/mol. The number of hydrogen-bond acceptors (Lipinski definition) is 1. The largest absolute Gasteiger partial charge is 0.314 e. The van der Waals surface area contributed by atoms with Crippen LogP contribution in [0.3, 0.4) is 0 Å². The van der Waals surface area contributed by atoms with Crippen LogP contribution in [-0.2, 0) is 0 Å². The van der Waals surface area contributed by atoms with Crippen molar-refractivity contribution in [2.45, 2.75) is 123 Å². The first-order chi connectivity index (χ1) is 11.6. The lowest BCUT2D eigenvalue weighted by atomic mass is 9.80. The molecule has 1 nitrogen and oxygen atoms in total. The van der Waals surface area contributed by atoms with Gasteiger partial charge < -0.3 is 5.32 Å². The average Bonchev–Trinajstić information content (AvgIpc) is 2.59. The minimum atomic E-state index is 0.569. The van der Waals surface area contributed by atoms with Crippen molar-refractivity contribution in [2.75, 3.05) is 6.54 Å². The molecule has 0 aromatic heterocycles. The first kappa shape index (κ1) is 20.3. The predicted octanol–water partition coefficient (Wildman–Crippen LogP) is 7.10. The fraction of sp³-hybridized carbons (Fsp3) is 1.00. The van der Waals surface area contributed by atoms with Crippen LogP contribution < -0.4 is 5.32 Å². The first-order valence-corrected chi connectivity index (χ1v) is 11.3. The third kappa shape index (κ3) is 7.89. The molecule has 142 valence electrons.